The minimum absolute atomic E-state index is 0.0699. The van der Waals surface area contributed by atoms with Crippen LogP contribution in [0.2, 0.25) is 0 Å². The molecule has 0 saturated carbocycles. The molecule has 0 atom stereocenters. The monoisotopic (exact) mass is 348 g/mol. The lowest BCUT2D eigenvalue weighted by Gasteiger charge is -2.16. The molecule has 0 aliphatic rings. The molecule has 0 saturated heterocycles. The van der Waals surface area contributed by atoms with Crippen molar-refractivity contribution in [1.29, 1.82) is 0 Å². The number of sulfonamides is 1. The van der Waals surface area contributed by atoms with Gasteiger partial charge in [0.1, 0.15) is 0 Å². The van der Waals surface area contributed by atoms with E-state index in [1.54, 1.807) is 13.8 Å². The highest BCUT2D eigenvalue weighted by Crippen LogP contribution is 2.29. The van der Waals surface area contributed by atoms with E-state index in [1.165, 1.54) is 6.07 Å². The van der Waals surface area contributed by atoms with Gasteiger partial charge in [-0.1, -0.05) is 25.1 Å². The molecule has 1 N–H and O–H groups in total. The third-order valence-electron chi connectivity index (χ3n) is 4.08. The van der Waals surface area contributed by atoms with Crippen LogP contribution < -0.4 is 4.72 Å². The zero-order valence-corrected chi connectivity index (χ0v) is 14.9. The van der Waals surface area contributed by atoms with E-state index in [-0.39, 0.29) is 10.6 Å². The van der Waals surface area contributed by atoms with Crippen molar-refractivity contribution in [2.24, 2.45) is 0 Å². The zero-order chi connectivity index (χ0) is 18.1. The van der Waals surface area contributed by atoms with E-state index in [0.717, 1.165) is 17.2 Å². The molecule has 2 rings (SSSR count). The largest absolute Gasteiger partial charge is 0.279 e. The zero-order valence-electron chi connectivity index (χ0n) is 14.1. The second-order valence-electron chi connectivity index (χ2n) is 5.71. The Balaban J connectivity index is 2.59. The molecule has 0 bridgehead atoms. The average molecular weight is 348 g/mol. The molecule has 0 aliphatic carbocycles. The van der Waals surface area contributed by atoms with Gasteiger partial charge in [-0.2, -0.15) is 0 Å². The van der Waals surface area contributed by atoms with Gasteiger partial charge in [-0.25, -0.2) is 8.42 Å². The fourth-order valence-corrected chi connectivity index (χ4v) is 4.06. The Hall–Kier alpha value is -2.41. The van der Waals surface area contributed by atoms with Crippen molar-refractivity contribution in [2.75, 3.05) is 4.72 Å². The molecule has 0 heterocycles. The number of aryl methyl sites for hydroxylation is 3. The molecule has 24 heavy (non-hydrogen) atoms. The molecule has 2 aromatic rings. The summed E-state index contributed by atoms with van der Waals surface area (Å²) in [6.07, 6.45) is 0.673. The first-order valence-corrected chi connectivity index (χ1v) is 9.02. The van der Waals surface area contributed by atoms with Crippen molar-refractivity contribution in [3.63, 3.8) is 0 Å². The number of hydrogen-bond donors (Lipinski definition) is 1. The molecular weight excluding hydrogens is 328 g/mol. The Morgan fingerprint density at radius 2 is 1.79 bits per heavy atom. The van der Waals surface area contributed by atoms with Gasteiger partial charge in [0.15, 0.2) is 0 Å². The van der Waals surface area contributed by atoms with Crippen molar-refractivity contribution in [2.45, 2.75) is 39.0 Å². The molecule has 7 heteroatoms. The van der Waals surface area contributed by atoms with E-state index in [4.69, 9.17) is 0 Å². The maximum Gasteiger partial charge on any atom is 0.271 e. The van der Waals surface area contributed by atoms with Gasteiger partial charge in [0.2, 0.25) is 0 Å². The van der Waals surface area contributed by atoms with Crippen LogP contribution in [0.15, 0.2) is 35.2 Å². The summed E-state index contributed by atoms with van der Waals surface area (Å²) in [7, 11) is -3.93. The molecule has 0 fully saturated rings. The normalized spacial score (nSPS) is 11.3. The molecule has 0 aromatic heterocycles. The van der Waals surface area contributed by atoms with Crippen LogP contribution >= 0.6 is 0 Å². The molecule has 0 radical (unpaired) electrons. The van der Waals surface area contributed by atoms with Gasteiger partial charge in [0, 0.05) is 12.1 Å². The summed E-state index contributed by atoms with van der Waals surface area (Å²) in [5, 5.41) is 11.0. The molecule has 128 valence electrons. The highest BCUT2D eigenvalue weighted by atomic mass is 32.2. The molecule has 0 spiro atoms. The lowest BCUT2D eigenvalue weighted by Crippen LogP contribution is -2.17. The highest BCUT2D eigenvalue weighted by molar-refractivity contribution is 7.92. The molecule has 0 amide bonds. The van der Waals surface area contributed by atoms with E-state index >= 15 is 0 Å². The number of anilines is 1. The summed E-state index contributed by atoms with van der Waals surface area (Å²) in [4.78, 5) is 10.4. The van der Waals surface area contributed by atoms with Gasteiger partial charge in [-0.3, -0.25) is 14.8 Å². The third kappa shape index (κ3) is 3.41. The number of nitro groups is 1. The van der Waals surface area contributed by atoms with Crippen molar-refractivity contribution in [1.82, 2.24) is 0 Å². The van der Waals surface area contributed by atoms with Crippen molar-refractivity contribution in [3.05, 3.63) is 62.7 Å². The highest BCUT2D eigenvalue weighted by Gasteiger charge is 2.23. The van der Waals surface area contributed by atoms with E-state index in [0.29, 0.717) is 23.2 Å². The first kappa shape index (κ1) is 17.9. The SMILES string of the molecule is CCc1cccc(C)c1NS(=O)(=O)c1cc([N+](=O)[O-])cc(C)c1C. The Labute approximate surface area is 141 Å². The van der Waals surface area contributed by atoms with E-state index < -0.39 is 14.9 Å². The first-order valence-electron chi connectivity index (χ1n) is 7.54. The van der Waals surface area contributed by atoms with Gasteiger partial charge >= 0.3 is 0 Å². The van der Waals surface area contributed by atoms with Crippen molar-refractivity contribution >= 4 is 21.4 Å². The van der Waals surface area contributed by atoms with Crippen LogP contribution in [0.5, 0.6) is 0 Å². The topological polar surface area (TPSA) is 89.3 Å². The summed E-state index contributed by atoms with van der Waals surface area (Å²) in [6, 6.07) is 8.03. The van der Waals surface area contributed by atoms with Crippen LogP contribution in [-0.2, 0) is 16.4 Å². The number of para-hydroxylation sites is 1. The van der Waals surface area contributed by atoms with Crippen molar-refractivity contribution < 1.29 is 13.3 Å². The molecular formula is C17H20N2O4S. The van der Waals surface area contributed by atoms with Crippen LogP contribution in [0.3, 0.4) is 0 Å². The van der Waals surface area contributed by atoms with E-state index in [1.807, 2.05) is 32.0 Å². The van der Waals surface area contributed by atoms with E-state index in [2.05, 4.69) is 4.72 Å². The number of nitro benzene ring substituents is 1. The second kappa shape index (κ2) is 6.60. The summed E-state index contributed by atoms with van der Waals surface area (Å²) >= 11 is 0. The summed E-state index contributed by atoms with van der Waals surface area (Å²) in [5.74, 6) is 0. The lowest BCUT2D eigenvalue weighted by atomic mass is 10.1. The van der Waals surface area contributed by atoms with Gasteiger partial charge in [0.25, 0.3) is 15.7 Å². The second-order valence-corrected chi connectivity index (χ2v) is 7.36. The van der Waals surface area contributed by atoms with E-state index in [9.17, 15) is 18.5 Å². The summed E-state index contributed by atoms with van der Waals surface area (Å²) in [6.45, 7) is 7.07. The molecule has 0 unspecified atom stereocenters. The van der Waals surface area contributed by atoms with Crippen LogP contribution in [0.25, 0.3) is 0 Å². The molecule has 0 aliphatic heterocycles. The fourth-order valence-electron chi connectivity index (χ4n) is 2.55. The van der Waals surface area contributed by atoms with Crippen molar-refractivity contribution in [3.8, 4) is 0 Å². The number of benzene rings is 2. The Kier molecular flexibility index (Phi) is 4.94. The predicted molar refractivity (Wildman–Crippen MR) is 93.9 cm³/mol. The maximum atomic E-state index is 12.8. The minimum atomic E-state index is -3.93. The molecule has 2 aromatic carbocycles. The van der Waals surface area contributed by atoms with Gasteiger partial charge in [0.05, 0.1) is 15.5 Å². The number of nitrogens with zero attached hydrogens (tertiary/aromatic N) is 1. The third-order valence-corrected chi connectivity index (χ3v) is 5.56. The van der Waals surface area contributed by atoms with Gasteiger partial charge < -0.3 is 0 Å². The number of hydrogen-bond acceptors (Lipinski definition) is 4. The van der Waals surface area contributed by atoms with Crippen LogP contribution in [0, 0.1) is 30.9 Å². The smallest absolute Gasteiger partial charge is 0.271 e. The number of rotatable bonds is 5. The summed E-state index contributed by atoms with van der Waals surface area (Å²) < 4.78 is 28.3. The fraction of sp³-hybridized carbons (Fsp3) is 0.294. The number of nitrogens with one attached hydrogen (secondary N) is 1. The maximum absolute atomic E-state index is 12.8. The van der Waals surface area contributed by atoms with Crippen LogP contribution in [0.4, 0.5) is 11.4 Å². The van der Waals surface area contributed by atoms with Gasteiger partial charge in [-0.15, -0.1) is 0 Å². The standard InChI is InChI=1S/C17H20N2O4S/c1-5-14-8-6-7-11(2)17(14)18-24(22,23)16-10-15(19(20)21)9-12(3)13(16)4/h6-10,18H,5H2,1-4H3. The average Bonchev–Trinajstić information content (AvgIpc) is 2.51. The Morgan fingerprint density at radius 3 is 2.38 bits per heavy atom. The quantitative estimate of drug-likeness (QED) is 0.656. The predicted octanol–water partition coefficient (Wildman–Crippen LogP) is 3.88. The summed E-state index contributed by atoms with van der Waals surface area (Å²) in [5.41, 5.74) is 3.03. The van der Waals surface area contributed by atoms with Gasteiger partial charge in [-0.05, 0) is 49.4 Å². The Bertz CT molecular complexity index is 905. The minimum Gasteiger partial charge on any atom is -0.279 e. The Morgan fingerprint density at radius 1 is 1.12 bits per heavy atom. The molecule has 6 nitrogen and oxygen atoms in total. The lowest BCUT2D eigenvalue weighted by molar-refractivity contribution is -0.385. The number of non-ortho nitro benzene ring substituents is 1. The van der Waals surface area contributed by atoms with Crippen LogP contribution in [0.1, 0.15) is 29.2 Å². The van der Waals surface area contributed by atoms with Crippen LogP contribution in [-0.4, -0.2) is 13.3 Å². The first-order chi connectivity index (χ1) is 11.2.